The summed E-state index contributed by atoms with van der Waals surface area (Å²) in [4.78, 5) is 18.3. The molecule has 92 valence electrons. The number of pyridine rings is 1. The maximum absolute atomic E-state index is 12.0. The molecule has 0 aliphatic carbocycles. The average Bonchev–Trinajstić information content (AvgIpc) is 2.32. The Morgan fingerprint density at radius 2 is 2.24 bits per heavy atom. The first-order valence-corrected chi connectivity index (χ1v) is 6.55. The Morgan fingerprint density at radius 3 is 2.88 bits per heavy atom. The molecular formula is C12H16BrN3O. The van der Waals surface area contributed by atoms with Crippen LogP contribution in [0.2, 0.25) is 0 Å². The van der Waals surface area contributed by atoms with Crippen LogP contribution in [0.5, 0.6) is 0 Å². The first-order valence-electron chi connectivity index (χ1n) is 5.76. The van der Waals surface area contributed by atoms with Gasteiger partial charge in [0.05, 0.1) is 0 Å². The quantitative estimate of drug-likeness (QED) is 0.845. The van der Waals surface area contributed by atoms with E-state index in [-0.39, 0.29) is 5.91 Å². The monoisotopic (exact) mass is 297 g/mol. The molecule has 4 nitrogen and oxygen atoms in total. The van der Waals surface area contributed by atoms with E-state index < -0.39 is 0 Å². The van der Waals surface area contributed by atoms with Gasteiger partial charge in [0.1, 0.15) is 4.60 Å². The number of hydrogen-bond acceptors (Lipinski definition) is 3. The molecule has 0 unspecified atom stereocenters. The van der Waals surface area contributed by atoms with Crippen LogP contribution in [0.25, 0.3) is 0 Å². The van der Waals surface area contributed by atoms with Gasteiger partial charge in [-0.2, -0.15) is 0 Å². The van der Waals surface area contributed by atoms with Crippen LogP contribution in [0, 0.1) is 0 Å². The lowest BCUT2D eigenvalue weighted by atomic mass is 10.1. The lowest BCUT2D eigenvalue weighted by Crippen LogP contribution is -2.43. The van der Waals surface area contributed by atoms with Crippen LogP contribution in [0.3, 0.4) is 0 Å². The summed E-state index contributed by atoms with van der Waals surface area (Å²) >= 11 is 3.27. The summed E-state index contributed by atoms with van der Waals surface area (Å²) < 4.78 is 0.688. The van der Waals surface area contributed by atoms with E-state index in [9.17, 15) is 4.79 Å². The first kappa shape index (κ1) is 12.5. The summed E-state index contributed by atoms with van der Waals surface area (Å²) in [6.45, 7) is 2.09. The van der Waals surface area contributed by atoms with Gasteiger partial charge in [0.25, 0.3) is 5.91 Å². The van der Waals surface area contributed by atoms with Crippen LogP contribution < -0.4 is 5.32 Å². The van der Waals surface area contributed by atoms with E-state index in [2.05, 4.69) is 38.2 Å². The zero-order valence-electron chi connectivity index (χ0n) is 9.82. The van der Waals surface area contributed by atoms with E-state index >= 15 is 0 Å². The van der Waals surface area contributed by atoms with Crippen molar-refractivity contribution in [1.29, 1.82) is 0 Å². The van der Waals surface area contributed by atoms with Gasteiger partial charge in [-0.05, 0) is 61.0 Å². The zero-order valence-corrected chi connectivity index (χ0v) is 11.4. The molecule has 1 amide bonds. The van der Waals surface area contributed by atoms with Gasteiger partial charge in [-0.25, -0.2) is 4.98 Å². The molecule has 1 aliphatic rings. The number of aromatic nitrogens is 1. The molecule has 2 heterocycles. The third-order valence-corrected chi connectivity index (χ3v) is 3.48. The van der Waals surface area contributed by atoms with Gasteiger partial charge in [-0.15, -0.1) is 0 Å². The van der Waals surface area contributed by atoms with Crippen molar-refractivity contribution in [1.82, 2.24) is 15.2 Å². The number of carbonyl (C=O) groups excluding carboxylic acids is 1. The molecule has 0 atom stereocenters. The Kier molecular flexibility index (Phi) is 4.12. The Morgan fingerprint density at radius 1 is 1.53 bits per heavy atom. The van der Waals surface area contributed by atoms with Crippen molar-refractivity contribution in [3.8, 4) is 0 Å². The summed E-state index contributed by atoms with van der Waals surface area (Å²) in [5.41, 5.74) is 0.658. The van der Waals surface area contributed by atoms with Crippen LogP contribution in [0.15, 0.2) is 22.9 Å². The van der Waals surface area contributed by atoms with Crippen molar-refractivity contribution in [2.45, 2.75) is 18.9 Å². The fraction of sp³-hybridized carbons (Fsp3) is 0.500. The molecule has 0 aromatic carbocycles. The smallest absolute Gasteiger partial charge is 0.251 e. The SMILES string of the molecule is CN1CCC(NC(=O)c2ccnc(Br)c2)CC1. The highest BCUT2D eigenvalue weighted by Crippen LogP contribution is 2.11. The molecular weight excluding hydrogens is 282 g/mol. The summed E-state index contributed by atoms with van der Waals surface area (Å²) in [5, 5.41) is 3.07. The van der Waals surface area contributed by atoms with E-state index in [4.69, 9.17) is 0 Å². The first-order chi connectivity index (χ1) is 8.15. The number of rotatable bonds is 2. The largest absolute Gasteiger partial charge is 0.349 e. The number of nitrogens with one attached hydrogen (secondary N) is 1. The zero-order chi connectivity index (χ0) is 12.3. The van der Waals surface area contributed by atoms with Crippen molar-refractivity contribution in [3.63, 3.8) is 0 Å². The molecule has 0 bridgehead atoms. The topological polar surface area (TPSA) is 45.2 Å². The van der Waals surface area contributed by atoms with E-state index in [1.165, 1.54) is 0 Å². The van der Waals surface area contributed by atoms with Crippen LogP contribution in [0.1, 0.15) is 23.2 Å². The normalized spacial score (nSPS) is 18.0. The Balaban J connectivity index is 1.93. The molecule has 1 fully saturated rings. The highest BCUT2D eigenvalue weighted by atomic mass is 79.9. The minimum absolute atomic E-state index is 0.0114. The van der Waals surface area contributed by atoms with Gasteiger partial charge in [-0.3, -0.25) is 4.79 Å². The molecule has 1 N–H and O–H groups in total. The molecule has 5 heteroatoms. The van der Waals surface area contributed by atoms with Crippen LogP contribution in [0.4, 0.5) is 0 Å². The summed E-state index contributed by atoms with van der Waals surface area (Å²) in [6, 6.07) is 3.77. The lowest BCUT2D eigenvalue weighted by Gasteiger charge is -2.29. The summed E-state index contributed by atoms with van der Waals surface area (Å²) in [5.74, 6) is -0.0114. The molecule has 0 saturated carbocycles. The highest BCUT2D eigenvalue weighted by molar-refractivity contribution is 9.10. The minimum atomic E-state index is -0.0114. The second-order valence-corrected chi connectivity index (χ2v) is 5.23. The molecule has 1 saturated heterocycles. The van der Waals surface area contributed by atoms with Gasteiger partial charge >= 0.3 is 0 Å². The molecule has 1 aromatic heterocycles. The van der Waals surface area contributed by atoms with Crippen molar-refractivity contribution in [3.05, 3.63) is 28.5 Å². The lowest BCUT2D eigenvalue weighted by molar-refractivity contribution is 0.0916. The van der Waals surface area contributed by atoms with Crippen molar-refractivity contribution < 1.29 is 4.79 Å². The number of amides is 1. The fourth-order valence-corrected chi connectivity index (χ4v) is 2.33. The maximum atomic E-state index is 12.0. The van der Waals surface area contributed by atoms with Gasteiger partial charge in [0, 0.05) is 17.8 Å². The number of piperidine rings is 1. The molecule has 0 spiro atoms. The van der Waals surface area contributed by atoms with Gasteiger partial charge in [-0.1, -0.05) is 0 Å². The second kappa shape index (κ2) is 5.60. The van der Waals surface area contributed by atoms with E-state index in [1.807, 2.05) is 0 Å². The van der Waals surface area contributed by atoms with E-state index in [0.29, 0.717) is 16.2 Å². The van der Waals surface area contributed by atoms with Crippen LogP contribution >= 0.6 is 15.9 Å². The molecule has 0 radical (unpaired) electrons. The molecule has 2 rings (SSSR count). The number of likely N-dealkylation sites (tertiary alicyclic amines) is 1. The Hall–Kier alpha value is -0.940. The van der Waals surface area contributed by atoms with Crippen LogP contribution in [-0.2, 0) is 0 Å². The number of hydrogen-bond donors (Lipinski definition) is 1. The van der Waals surface area contributed by atoms with Crippen molar-refractivity contribution in [2.24, 2.45) is 0 Å². The predicted molar refractivity (Wildman–Crippen MR) is 69.9 cm³/mol. The second-order valence-electron chi connectivity index (χ2n) is 4.42. The maximum Gasteiger partial charge on any atom is 0.251 e. The average molecular weight is 298 g/mol. The van der Waals surface area contributed by atoms with Crippen molar-refractivity contribution in [2.75, 3.05) is 20.1 Å². The third-order valence-electron chi connectivity index (χ3n) is 3.04. The van der Waals surface area contributed by atoms with E-state index in [0.717, 1.165) is 25.9 Å². The number of nitrogens with zero attached hydrogens (tertiary/aromatic N) is 2. The van der Waals surface area contributed by atoms with Gasteiger partial charge in [0.15, 0.2) is 0 Å². The summed E-state index contributed by atoms with van der Waals surface area (Å²) in [6.07, 6.45) is 3.68. The minimum Gasteiger partial charge on any atom is -0.349 e. The number of carbonyl (C=O) groups is 1. The molecule has 1 aromatic rings. The van der Waals surface area contributed by atoms with E-state index in [1.54, 1.807) is 18.3 Å². The van der Waals surface area contributed by atoms with Crippen molar-refractivity contribution >= 4 is 21.8 Å². The fourth-order valence-electron chi connectivity index (χ4n) is 1.97. The number of halogens is 1. The summed E-state index contributed by atoms with van der Waals surface area (Å²) in [7, 11) is 2.11. The molecule has 1 aliphatic heterocycles. The van der Waals surface area contributed by atoms with Crippen LogP contribution in [-0.4, -0.2) is 42.0 Å². The Labute approximate surface area is 110 Å². The predicted octanol–water partition coefficient (Wildman–Crippen LogP) is 1.67. The standard InChI is InChI=1S/C12H16BrN3O/c1-16-6-3-10(4-7-16)15-12(17)9-2-5-14-11(13)8-9/h2,5,8,10H,3-4,6-7H2,1H3,(H,15,17). The highest BCUT2D eigenvalue weighted by Gasteiger charge is 2.19. The Bertz CT molecular complexity index is 402. The molecule has 17 heavy (non-hydrogen) atoms. The third kappa shape index (κ3) is 3.51. The van der Waals surface area contributed by atoms with Gasteiger partial charge < -0.3 is 10.2 Å². The van der Waals surface area contributed by atoms with Gasteiger partial charge in [0.2, 0.25) is 0 Å².